The third kappa shape index (κ3) is 4.02. The summed E-state index contributed by atoms with van der Waals surface area (Å²) in [6.07, 6.45) is 1.62. The van der Waals surface area contributed by atoms with Crippen LogP contribution in [0.15, 0.2) is 6.20 Å². The number of nitrogens with one attached hydrogen (secondary N) is 2. The summed E-state index contributed by atoms with van der Waals surface area (Å²) in [5.74, 6) is 1.88. The molecule has 0 aliphatic heterocycles. The Morgan fingerprint density at radius 2 is 2.00 bits per heavy atom. The number of hydrogen-bond donors (Lipinski definition) is 2. The van der Waals surface area contributed by atoms with Crippen LogP contribution in [0.25, 0.3) is 0 Å². The van der Waals surface area contributed by atoms with Gasteiger partial charge in [-0.1, -0.05) is 39.3 Å². The maximum atomic E-state index is 6.09. The lowest BCUT2D eigenvalue weighted by atomic mass is 9.81. The van der Waals surface area contributed by atoms with Gasteiger partial charge in [-0.3, -0.25) is 0 Å². The van der Waals surface area contributed by atoms with Crippen molar-refractivity contribution >= 4 is 23.4 Å². The molecule has 0 aliphatic carbocycles. The predicted molar refractivity (Wildman–Crippen MR) is 78.3 cm³/mol. The fraction of sp³-hybridized carbons (Fsp3) is 0.692. The van der Waals surface area contributed by atoms with E-state index < -0.39 is 0 Å². The standard InChI is InChI=1S/C13H23ClN4/c1-6-15-12-16-7-10(14)11(18-12)17-8-13(4,5)9(2)3/h7,9H,6,8H2,1-5H3,(H2,15,16,17,18). The first-order valence-electron chi connectivity index (χ1n) is 6.37. The summed E-state index contributed by atoms with van der Waals surface area (Å²) in [7, 11) is 0. The largest absolute Gasteiger partial charge is 0.368 e. The van der Waals surface area contributed by atoms with E-state index >= 15 is 0 Å². The average molecular weight is 271 g/mol. The summed E-state index contributed by atoms with van der Waals surface area (Å²) >= 11 is 6.09. The Morgan fingerprint density at radius 3 is 2.56 bits per heavy atom. The summed E-state index contributed by atoms with van der Waals surface area (Å²) in [4.78, 5) is 8.47. The summed E-state index contributed by atoms with van der Waals surface area (Å²) in [5, 5.41) is 6.94. The fourth-order valence-electron chi connectivity index (χ4n) is 1.25. The Hall–Kier alpha value is -1.03. The van der Waals surface area contributed by atoms with Gasteiger partial charge < -0.3 is 10.6 Å². The molecule has 0 bridgehead atoms. The summed E-state index contributed by atoms with van der Waals surface area (Å²) < 4.78 is 0. The lowest BCUT2D eigenvalue weighted by Gasteiger charge is -2.29. The lowest BCUT2D eigenvalue weighted by Crippen LogP contribution is -2.29. The van der Waals surface area contributed by atoms with Crippen molar-refractivity contribution in [2.24, 2.45) is 11.3 Å². The number of nitrogens with zero attached hydrogens (tertiary/aromatic N) is 2. The highest BCUT2D eigenvalue weighted by molar-refractivity contribution is 6.32. The molecule has 102 valence electrons. The van der Waals surface area contributed by atoms with Crippen LogP contribution in [0.1, 0.15) is 34.6 Å². The van der Waals surface area contributed by atoms with E-state index in [2.05, 4.69) is 48.3 Å². The van der Waals surface area contributed by atoms with Gasteiger partial charge in [-0.15, -0.1) is 0 Å². The van der Waals surface area contributed by atoms with Gasteiger partial charge in [0.25, 0.3) is 0 Å². The van der Waals surface area contributed by atoms with Crippen LogP contribution >= 0.6 is 11.6 Å². The highest BCUT2D eigenvalue weighted by Gasteiger charge is 2.22. The molecular weight excluding hydrogens is 248 g/mol. The number of halogens is 1. The van der Waals surface area contributed by atoms with Gasteiger partial charge in [-0.25, -0.2) is 4.98 Å². The Balaban J connectivity index is 2.75. The molecule has 0 saturated carbocycles. The first-order chi connectivity index (χ1) is 8.36. The number of rotatable bonds is 6. The first-order valence-corrected chi connectivity index (χ1v) is 6.75. The van der Waals surface area contributed by atoms with Crippen LogP contribution in [0, 0.1) is 11.3 Å². The molecule has 1 heterocycles. The van der Waals surface area contributed by atoms with E-state index in [1.54, 1.807) is 6.20 Å². The van der Waals surface area contributed by atoms with E-state index in [-0.39, 0.29) is 5.41 Å². The SMILES string of the molecule is CCNc1ncc(Cl)c(NCC(C)(C)C(C)C)n1. The van der Waals surface area contributed by atoms with E-state index in [1.807, 2.05) is 6.92 Å². The van der Waals surface area contributed by atoms with Crippen molar-refractivity contribution in [3.05, 3.63) is 11.2 Å². The molecule has 1 aromatic heterocycles. The minimum atomic E-state index is 0.187. The molecule has 0 fully saturated rings. The van der Waals surface area contributed by atoms with Crippen molar-refractivity contribution < 1.29 is 0 Å². The van der Waals surface area contributed by atoms with Crippen LogP contribution in [0.2, 0.25) is 5.02 Å². The normalized spacial score (nSPS) is 11.7. The number of hydrogen-bond acceptors (Lipinski definition) is 4. The van der Waals surface area contributed by atoms with Crippen LogP contribution in [0.4, 0.5) is 11.8 Å². The zero-order valence-corrected chi connectivity index (χ0v) is 12.6. The van der Waals surface area contributed by atoms with E-state index in [4.69, 9.17) is 11.6 Å². The van der Waals surface area contributed by atoms with Crippen LogP contribution in [0.3, 0.4) is 0 Å². The van der Waals surface area contributed by atoms with E-state index in [1.165, 1.54) is 0 Å². The van der Waals surface area contributed by atoms with Gasteiger partial charge in [0.2, 0.25) is 5.95 Å². The van der Waals surface area contributed by atoms with Gasteiger partial charge in [-0.05, 0) is 18.3 Å². The van der Waals surface area contributed by atoms with Crippen molar-refractivity contribution in [1.82, 2.24) is 9.97 Å². The molecule has 0 radical (unpaired) electrons. The maximum absolute atomic E-state index is 6.09. The second-order valence-electron chi connectivity index (χ2n) is 5.42. The van der Waals surface area contributed by atoms with Gasteiger partial charge in [0.1, 0.15) is 5.02 Å². The van der Waals surface area contributed by atoms with E-state index in [9.17, 15) is 0 Å². The Bertz CT molecular complexity index is 391. The molecular formula is C13H23ClN4. The molecule has 0 aliphatic rings. The highest BCUT2D eigenvalue weighted by Crippen LogP contribution is 2.27. The Kier molecular flexibility index (Phi) is 5.20. The predicted octanol–water partition coefficient (Wildman–Crippen LogP) is 3.66. The van der Waals surface area contributed by atoms with Gasteiger partial charge in [-0.2, -0.15) is 4.98 Å². The van der Waals surface area contributed by atoms with Crippen LogP contribution in [-0.4, -0.2) is 23.1 Å². The molecule has 0 unspecified atom stereocenters. The maximum Gasteiger partial charge on any atom is 0.224 e. The van der Waals surface area contributed by atoms with Gasteiger partial charge in [0.15, 0.2) is 5.82 Å². The third-order valence-corrected chi connectivity index (χ3v) is 3.63. The Labute approximate surface area is 115 Å². The molecule has 0 saturated heterocycles. The molecule has 0 spiro atoms. The summed E-state index contributed by atoms with van der Waals surface area (Å²) in [6, 6.07) is 0. The Morgan fingerprint density at radius 1 is 1.33 bits per heavy atom. The van der Waals surface area contributed by atoms with Crippen molar-refractivity contribution in [3.8, 4) is 0 Å². The first kappa shape index (κ1) is 15.0. The zero-order valence-electron chi connectivity index (χ0n) is 11.8. The zero-order chi connectivity index (χ0) is 13.8. The fourth-order valence-corrected chi connectivity index (χ4v) is 1.41. The second kappa shape index (κ2) is 6.23. The topological polar surface area (TPSA) is 49.8 Å². The van der Waals surface area contributed by atoms with E-state index in [0.29, 0.717) is 22.7 Å². The second-order valence-corrected chi connectivity index (χ2v) is 5.82. The van der Waals surface area contributed by atoms with Crippen molar-refractivity contribution in [2.75, 3.05) is 23.7 Å². The molecule has 0 atom stereocenters. The summed E-state index contributed by atoms with van der Waals surface area (Å²) in [5.41, 5.74) is 0.187. The quantitative estimate of drug-likeness (QED) is 0.828. The molecule has 1 aromatic rings. The molecule has 1 rings (SSSR count). The molecule has 0 aromatic carbocycles. The van der Waals surface area contributed by atoms with Crippen LogP contribution in [0.5, 0.6) is 0 Å². The van der Waals surface area contributed by atoms with Crippen LogP contribution < -0.4 is 10.6 Å². The van der Waals surface area contributed by atoms with Crippen molar-refractivity contribution in [2.45, 2.75) is 34.6 Å². The minimum Gasteiger partial charge on any atom is -0.368 e. The van der Waals surface area contributed by atoms with E-state index in [0.717, 1.165) is 13.1 Å². The molecule has 0 amide bonds. The molecule has 5 heteroatoms. The van der Waals surface area contributed by atoms with Crippen molar-refractivity contribution in [1.29, 1.82) is 0 Å². The third-order valence-electron chi connectivity index (χ3n) is 3.35. The number of aromatic nitrogens is 2. The van der Waals surface area contributed by atoms with Gasteiger partial charge >= 0.3 is 0 Å². The van der Waals surface area contributed by atoms with Gasteiger partial charge in [0, 0.05) is 13.1 Å². The smallest absolute Gasteiger partial charge is 0.224 e. The molecule has 4 nitrogen and oxygen atoms in total. The monoisotopic (exact) mass is 270 g/mol. The minimum absolute atomic E-state index is 0.187. The average Bonchev–Trinajstić information content (AvgIpc) is 2.30. The molecule has 2 N–H and O–H groups in total. The molecule has 18 heavy (non-hydrogen) atoms. The lowest BCUT2D eigenvalue weighted by molar-refractivity contribution is 0.269. The highest BCUT2D eigenvalue weighted by atomic mass is 35.5. The van der Waals surface area contributed by atoms with Crippen molar-refractivity contribution in [3.63, 3.8) is 0 Å². The van der Waals surface area contributed by atoms with Crippen LogP contribution in [-0.2, 0) is 0 Å². The summed E-state index contributed by atoms with van der Waals surface area (Å²) in [6.45, 7) is 12.5. The number of anilines is 2. The van der Waals surface area contributed by atoms with Gasteiger partial charge in [0.05, 0.1) is 6.20 Å².